The number of aldehydes is 1. The second-order valence-corrected chi connectivity index (χ2v) is 11.0. The molecule has 2 heterocycles. The molecule has 0 saturated heterocycles. The predicted octanol–water partition coefficient (Wildman–Crippen LogP) is 6.12. The van der Waals surface area contributed by atoms with E-state index in [1.54, 1.807) is 31.0 Å². The first-order valence-electron chi connectivity index (χ1n) is 13.3. The molecule has 2 aliphatic rings. The average Bonchev–Trinajstić information content (AvgIpc) is 3.68. The molecule has 2 atom stereocenters. The Hall–Kier alpha value is -3.72. The van der Waals surface area contributed by atoms with Crippen LogP contribution in [-0.4, -0.2) is 46.8 Å². The van der Waals surface area contributed by atoms with Gasteiger partial charge in [-0.05, 0) is 80.1 Å². The molecule has 9 heteroatoms. The van der Waals surface area contributed by atoms with Crippen molar-refractivity contribution < 1.29 is 23.5 Å². The van der Waals surface area contributed by atoms with E-state index in [-0.39, 0.29) is 23.0 Å². The van der Waals surface area contributed by atoms with Gasteiger partial charge in [0.2, 0.25) is 0 Å². The summed E-state index contributed by atoms with van der Waals surface area (Å²) < 4.78 is 17.1. The van der Waals surface area contributed by atoms with Crippen molar-refractivity contribution in [3.63, 3.8) is 0 Å². The molecule has 3 aromatic rings. The van der Waals surface area contributed by atoms with Crippen LogP contribution in [0, 0.1) is 0 Å². The molecule has 0 radical (unpaired) electrons. The summed E-state index contributed by atoms with van der Waals surface area (Å²) in [7, 11) is 1.65. The maximum atomic E-state index is 12.4. The Labute approximate surface area is 232 Å². The number of carbonyl (C=O) groups is 2. The standard InChI is InChI=1S/C30H33N3O5S/c1-3-27-29(21-13-14-24(36-2)26(17-21)38-23-10-4-5-11-23)32-33(28(19-34)39-27)18-20-8-6-9-22(16-20)31-30(35)25-12-7-15-37-25/h6-9,12-17,19,23,27-28H,3-5,10-11,18H2,1-2H3,(H,31,35). The summed E-state index contributed by atoms with van der Waals surface area (Å²) in [5.74, 6) is 1.36. The van der Waals surface area contributed by atoms with Gasteiger partial charge in [-0.3, -0.25) is 9.80 Å². The quantitative estimate of drug-likeness (QED) is 0.306. The molecule has 204 valence electrons. The Bertz CT molecular complexity index is 1320. The van der Waals surface area contributed by atoms with Crippen LogP contribution in [0.5, 0.6) is 11.5 Å². The number of hydrazone groups is 1. The first kappa shape index (κ1) is 26.9. The molecule has 5 rings (SSSR count). The highest BCUT2D eigenvalue weighted by Gasteiger charge is 2.32. The zero-order chi connectivity index (χ0) is 27.2. The minimum Gasteiger partial charge on any atom is -0.493 e. The number of nitrogens with zero attached hydrogens (tertiary/aromatic N) is 2. The number of furan rings is 1. The van der Waals surface area contributed by atoms with Gasteiger partial charge in [-0.25, -0.2) is 0 Å². The number of thioether (sulfide) groups is 1. The fraction of sp³-hybridized carbons (Fsp3) is 0.367. The van der Waals surface area contributed by atoms with Gasteiger partial charge in [-0.15, -0.1) is 11.8 Å². The van der Waals surface area contributed by atoms with E-state index in [2.05, 4.69) is 12.2 Å². The Morgan fingerprint density at radius 3 is 2.72 bits per heavy atom. The lowest BCUT2D eigenvalue weighted by Crippen LogP contribution is -2.39. The summed E-state index contributed by atoms with van der Waals surface area (Å²) in [6.07, 6.45) is 7.92. The van der Waals surface area contributed by atoms with E-state index < -0.39 is 5.37 Å². The van der Waals surface area contributed by atoms with Crippen LogP contribution in [-0.2, 0) is 11.3 Å². The zero-order valence-corrected chi connectivity index (χ0v) is 23.0. The van der Waals surface area contributed by atoms with Gasteiger partial charge in [0.1, 0.15) is 5.37 Å². The summed E-state index contributed by atoms with van der Waals surface area (Å²) in [6, 6.07) is 16.8. The summed E-state index contributed by atoms with van der Waals surface area (Å²) in [4.78, 5) is 24.5. The molecule has 1 N–H and O–H groups in total. The number of methoxy groups -OCH3 is 1. The van der Waals surface area contributed by atoms with E-state index in [1.165, 1.54) is 19.1 Å². The molecule has 1 aliphatic carbocycles. The number of carbonyl (C=O) groups excluding carboxylic acids is 2. The first-order chi connectivity index (χ1) is 19.1. The third kappa shape index (κ3) is 6.30. The topological polar surface area (TPSA) is 93.4 Å². The summed E-state index contributed by atoms with van der Waals surface area (Å²) >= 11 is 1.60. The van der Waals surface area contributed by atoms with Crippen molar-refractivity contribution in [3.05, 3.63) is 77.7 Å². The van der Waals surface area contributed by atoms with Crippen molar-refractivity contribution in [1.29, 1.82) is 0 Å². The number of hydrogen-bond donors (Lipinski definition) is 1. The van der Waals surface area contributed by atoms with Crippen molar-refractivity contribution in [1.82, 2.24) is 5.01 Å². The first-order valence-corrected chi connectivity index (χ1v) is 14.3. The van der Waals surface area contributed by atoms with Crippen molar-refractivity contribution >= 4 is 35.4 Å². The molecule has 1 aliphatic heterocycles. The monoisotopic (exact) mass is 547 g/mol. The third-order valence-electron chi connectivity index (χ3n) is 6.96. The lowest BCUT2D eigenvalue weighted by atomic mass is 10.0. The van der Waals surface area contributed by atoms with Crippen molar-refractivity contribution in [2.24, 2.45) is 5.10 Å². The fourth-order valence-corrected chi connectivity index (χ4v) is 6.14. The van der Waals surface area contributed by atoms with Crippen molar-refractivity contribution in [2.45, 2.75) is 62.3 Å². The molecular weight excluding hydrogens is 514 g/mol. The van der Waals surface area contributed by atoms with E-state index in [0.29, 0.717) is 18.0 Å². The van der Waals surface area contributed by atoms with Gasteiger partial charge in [0, 0.05) is 11.3 Å². The van der Waals surface area contributed by atoms with Gasteiger partial charge >= 0.3 is 0 Å². The van der Waals surface area contributed by atoms with E-state index in [4.69, 9.17) is 19.0 Å². The van der Waals surface area contributed by atoms with Crippen LogP contribution in [0.1, 0.15) is 60.7 Å². The minimum atomic E-state index is -0.424. The fourth-order valence-electron chi connectivity index (χ4n) is 4.97. The van der Waals surface area contributed by atoms with E-state index in [1.807, 2.05) is 47.5 Å². The van der Waals surface area contributed by atoms with Gasteiger partial charge in [-0.2, -0.15) is 5.10 Å². The van der Waals surface area contributed by atoms with Gasteiger partial charge in [0.05, 0.1) is 37.0 Å². The maximum Gasteiger partial charge on any atom is 0.291 e. The van der Waals surface area contributed by atoms with Crippen molar-refractivity contribution in [3.8, 4) is 11.5 Å². The molecule has 8 nitrogen and oxygen atoms in total. The second kappa shape index (κ2) is 12.4. The number of ether oxygens (including phenoxy) is 2. The van der Waals surface area contributed by atoms with Crippen LogP contribution in [0.15, 0.2) is 70.4 Å². The molecule has 39 heavy (non-hydrogen) atoms. The van der Waals surface area contributed by atoms with Crippen LogP contribution in [0.3, 0.4) is 0 Å². The largest absolute Gasteiger partial charge is 0.493 e. The molecule has 1 fully saturated rings. The third-order valence-corrected chi connectivity index (χ3v) is 8.47. The van der Waals surface area contributed by atoms with Crippen LogP contribution >= 0.6 is 11.8 Å². The highest BCUT2D eigenvalue weighted by Crippen LogP contribution is 2.37. The number of hydrogen-bond acceptors (Lipinski definition) is 8. The summed E-state index contributed by atoms with van der Waals surface area (Å²) in [6.45, 7) is 2.51. The normalized spacial score (nSPS) is 19.4. The summed E-state index contributed by atoms with van der Waals surface area (Å²) in [5, 5.41) is 9.32. The molecule has 1 saturated carbocycles. The highest BCUT2D eigenvalue weighted by atomic mass is 32.2. The van der Waals surface area contributed by atoms with E-state index in [0.717, 1.165) is 48.1 Å². The Balaban J connectivity index is 1.40. The number of rotatable bonds is 10. The minimum absolute atomic E-state index is 0.0584. The summed E-state index contributed by atoms with van der Waals surface area (Å²) in [5.41, 5.74) is 3.41. The van der Waals surface area contributed by atoms with Crippen LogP contribution in [0.4, 0.5) is 5.69 Å². The lowest BCUT2D eigenvalue weighted by Gasteiger charge is -2.35. The molecule has 1 aromatic heterocycles. The van der Waals surface area contributed by atoms with Gasteiger partial charge in [0.15, 0.2) is 23.5 Å². The smallest absolute Gasteiger partial charge is 0.291 e. The molecule has 2 aromatic carbocycles. The number of nitrogens with one attached hydrogen (secondary N) is 1. The molecule has 0 bridgehead atoms. The Morgan fingerprint density at radius 1 is 1.15 bits per heavy atom. The predicted molar refractivity (Wildman–Crippen MR) is 153 cm³/mol. The Kier molecular flexibility index (Phi) is 8.56. The van der Waals surface area contributed by atoms with E-state index in [9.17, 15) is 9.59 Å². The van der Waals surface area contributed by atoms with Crippen molar-refractivity contribution in [2.75, 3.05) is 12.4 Å². The molecule has 2 unspecified atom stereocenters. The van der Waals surface area contributed by atoms with Crippen LogP contribution in [0.25, 0.3) is 0 Å². The highest BCUT2D eigenvalue weighted by molar-refractivity contribution is 8.01. The molecule has 1 amide bonds. The zero-order valence-electron chi connectivity index (χ0n) is 22.2. The van der Waals surface area contributed by atoms with Crippen LogP contribution < -0.4 is 14.8 Å². The van der Waals surface area contributed by atoms with Gasteiger partial charge < -0.3 is 24.0 Å². The second-order valence-electron chi connectivity index (χ2n) is 9.66. The number of benzene rings is 2. The van der Waals surface area contributed by atoms with Crippen LogP contribution in [0.2, 0.25) is 0 Å². The SMILES string of the molecule is CCC1SC(C=O)N(Cc2cccc(NC(=O)c3ccco3)c2)N=C1c1ccc(OC)c(OC2CCCC2)c1. The van der Waals surface area contributed by atoms with Gasteiger partial charge in [-0.1, -0.05) is 19.1 Å². The Morgan fingerprint density at radius 2 is 2.00 bits per heavy atom. The maximum absolute atomic E-state index is 12.4. The number of amides is 1. The average molecular weight is 548 g/mol. The molecular formula is C30H33N3O5S. The van der Waals surface area contributed by atoms with Gasteiger partial charge in [0.25, 0.3) is 5.91 Å². The number of anilines is 1. The molecule has 0 spiro atoms. The lowest BCUT2D eigenvalue weighted by molar-refractivity contribution is -0.110. The van der Waals surface area contributed by atoms with E-state index >= 15 is 0 Å².